The molecule has 0 bridgehead atoms. The van der Waals surface area contributed by atoms with E-state index in [1.54, 1.807) is 0 Å². The Balaban J connectivity index is 1.56. The number of thiol groups is 1. The zero-order chi connectivity index (χ0) is 27.8. The van der Waals surface area contributed by atoms with Gasteiger partial charge in [0.25, 0.3) is 0 Å². The number of hydrogen-bond donors (Lipinski definition) is 3. The number of hydrogen-bond acceptors (Lipinski definition) is 3. The maximum Gasteiger partial charge on any atom is 0.0538 e. The van der Waals surface area contributed by atoms with Gasteiger partial charge >= 0.3 is 0 Å². The van der Waals surface area contributed by atoms with Crippen LogP contribution in [0, 0.1) is 11.8 Å². The molecule has 4 heteroatoms. The van der Waals surface area contributed by atoms with Gasteiger partial charge in [-0.2, -0.15) is 12.6 Å². The van der Waals surface area contributed by atoms with Gasteiger partial charge in [-0.1, -0.05) is 61.3 Å². The van der Waals surface area contributed by atoms with E-state index in [4.69, 9.17) is 24.1 Å². The van der Waals surface area contributed by atoms with Crippen LogP contribution in [0.3, 0.4) is 0 Å². The average molecular weight is 546 g/mol. The third-order valence-corrected chi connectivity index (χ3v) is 8.99. The molecule has 1 fully saturated rings. The molecule has 0 aliphatic heterocycles. The van der Waals surface area contributed by atoms with Gasteiger partial charge in [-0.25, -0.2) is 0 Å². The Kier molecular flexibility index (Phi) is 7.48. The molecule has 40 heavy (non-hydrogen) atoms. The number of rotatable bonds is 4. The van der Waals surface area contributed by atoms with Crippen LogP contribution in [0.15, 0.2) is 107 Å². The first-order chi connectivity index (χ1) is 19.5. The van der Waals surface area contributed by atoms with Crippen LogP contribution in [-0.2, 0) is 19.3 Å². The van der Waals surface area contributed by atoms with Crippen molar-refractivity contribution in [3.8, 4) is 0 Å². The first-order valence-electron chi connectivity index (χ1n) is 14.4. The third kappa shape index (κ3) is 4.95. The molecule has 1 heterocycles. The number of nitrogens with two attached hydrogens (primary N) is 2. The summed E-state index contributed by atoms with van der Waals surface area (Å²) in [5, 5.41) is 1.33. The Bertz CT molecular complexity index is 1630. The monoisotopic (exact) mass is 545 g/mol. The highest BCUT2D eigenvalue weighted by Crippen LogP contribution is 2.56. The molecule has 3 nitrogen and oxygen atoms in total. The van der Waals surface area contributed by atoms with Crippen LogP contribution < -0.4 is 11.5 Å². The molecule has 6 rings (SSSR count). The van der Waals surface area contributed by atoms with Gasteiger partial charge in [-0.15, -0.1) is 0 Å². The fourth-order valence-electron chi connectivity index (χ4n) is 6.73. The summed E-state index contributed by atoms with van der Waals surface area (Å²) in [7, 11) is 0. The summed E-state index contributed by atoms with van der Waals surface area (Å²) in [6.07, 6.45) is 28.7. The molecular weight excluding hydrogens is 506 g/mol. The lowest BCUT2D eigenvalue weighted by Crippen LogP contribution is -2.18. The van der Waals surface area contributed by atoms with Crippen molar-refractivity contribution in [1.82, 2.24) is 4.57 Å². The van der Waals surface area contributed by atoms with Crippen LogP contribution in [0.5, 0.6) is 0 Å². The molecule has 2 aromatic rings. The van der Waals surface area contributed by atoms with Gasteiger partial charge in [0.15, 0.2) is 0 Å². The Morgan fingerprint density at radius 3 is 2.60 bits per heavy atom. The Morgan fingerprint density at radius 1 is 1.02 bits per heavy atom. The number of benzene rings is 1. The van der Waals surface area contributed by atoms with E-state index in [0.717, 1.165) is 37.0 Å². The molecule has 1 aromatic heterocycles. The van der Waals surface area contributed by atoms with E-state index in [1.807, 2.05) is 19.1 Å². The summed E-state index contributed by atoms with van der Waals surface area (Å²) in [5.74, 6) is 1.98. The SMILES string of the molecule is C=C1C=CCc2cc3c4c(n(/C(CN)=C5/CC6CC6C(/C=C(\C)N)=C5CS)c3cc2C/C=C/C=C\C=C/1)C=CC4. The van der Waals surface area contributed by atoms with Gasteiger partial charge < -0.3 is 16.0 Å². The van der Waals surface area contributed by atoms with Crippen molar-refractivity contribution >= 4 is 35.3 Å². The summed E-state index contributed by atoms with van der Waals surface area (Å²) in [4.78, 5) is 0. The second-order valence-electron chi connectivity index (χ2n) is 11.4. The second-order valence-corrected chi connectivity index (χ2v) is 11.7. The lowest BCUT2D eigenvalue weighted by atomic mass is 9.86. The fraction of sp³-hybridized carbons (Fsp3) is 0.278. The van der Waals surface area contributed by atoms with Gasteiger partial charge in [0, 0.05) is 34.8 Å². The molecule has 204 valence electrons. The Hall–Kier alpha value is -3.47. The van der Waals surface area contributed by atoms with E-state index in [1.165, 1.54) is 62.1 Å². The molecule has 0 amide bonds. The van der Waals surface area contributed by atoms with Crippen LogP contribution in [-0.4, -0.2) is 16.9 Å². The van der Waals surface area contributed by atoms with Crippen molar-refractivity contribution in [1.29, 1.82) is 0 Å². The minimum atomic E-state index is 0.478. The summed E-state index contributed by atoms with van der Waals surface area (Å²) in [6, 6.07) is 4.84. The van der Waals surface area contributed by atoms with Crippen molar-refractivity contribution in [2.45, 2.75) is 39.0 Å². The zero-order valence-corrected chi connectivity index (χ0v) is 24.3. The first kappa shape index (κ1) is 26.7. The first-order valence-corrected chi connectivity index (χ1v) is 15.0. The molecule has 4 aliphatic carbocycles. The van der Waals surface area contributed by atoms with Crippen molar-refractivity contribution in [2.24, 2.45) is 23.3 Å². The maximum absolute atomic E-state index is 6.65. The molecule has 0 saturated heterocycles. The van der Waals surface area contributed by atoms with E-state index in [0.29, 0.717) is 24.1 Å². The van der Waals surface area contributed by atoms with Gasteiger partial charge in [-0.05, 0) is 114 Å². The molecular formula is C36H39N3S. The number of nitrogens with zero attached hydrogens (tertiary/aromatic N) is 1. The quantitative estimate of drug-likeness (QED) is 0.351. The smallest absolute Gasteiger partial charge is 0.0538 e. The van der Waals surface area contributed by atoms with Gasteiger partial charge in [-0.3, -0.25) is 0 Å². The van der Waals surface area contributed by atoms with Crippen LogP contribution >= 0.6 is 12.6 Å². The van der Waals surface area contributed by atoms with Gasteiger partial charge in [0.2, 0.25) is 0 Å². The van der Waals surface area contributed by atoms with E-state index in [9.17, 15) is 0 Å². The molecule has 0 radical (unpaired) electrons. The van der Waals surface area contributed by atoms with Crippen molar-refractivity contribution < 1.29 is 0 Å². The van der Waals surface area contributed by atoms with Crippen LogP contribution in [0.1, 0.15) is 42.1 Å². The Labute approximate surface area is 243 Å². The van der Waals surface area contributed by atoms with Gasteiger partial charge in [0.1, 0.15) is 0 Å². The van der Waals surface area contributed by atoms with Crippen LogP contribution in [0.2, 0.25) is 0 Å². The van der Waals surface area contributed by atoms with E-state index < -0.39 is 0 Å². The molecule has 1 saturated carbocycles. The number of allylic oxidation sites excluding steroid dienone is 14. The fourth-order valence-corrected chi connectivity index (χ4v) is 7.11. The maximum atomic E-state index is 6.65. The lowest BCUT2D eigenvalue weighted by Gasteiger charge is -2.25. The van der Waals surface area contributed by atoms with E-state index in [-0.39, 0.29) is 0 Å². The molecule has 2 atom stereocenters. The molecule has 4 N–H and O–H groups in total. The zero-order valence-electron chi connectivity index (χ0n) is 23.4. The van der Waals surface area contributed by atoms with Crippen LogP contribution in [0.25, 0.3) is 22.7 Å². The largest absolute Gasteiger partial charge is 0.402 e. The number of fused-ring (bicyclic) bond motifs is 5. The predicted octanol–water partition coefficient (Wildman–Crippen LogP) is 7.39. The highest BCUT2D eigenvalue weighted by atomic mass is 32.1. The second kappa shape index (κ2) is 11.2. The molecule has 0 spiro atoms. The lowest BCUT2D eigenvalue weighted by molar-refractivity contribution is 0.727. The van der Waals surface area contributed by atoms with E-state index in [2.05, 4.69) is 78.0 Å². The van der Waals surface area contributed by atoms with Crippen molar-refractivity contribution in [2.75, 3.05) is 12.3 Å². The highest BCUT2D eigenvalue weighted by molar-refractivity contribution is 7.80. The normalized spacial score (nSPS) is 26.0. The molecule has 2 unspecified atom stereocenters. The minimum absolute atomic E-state index is 0.478. The number of aromatic nitrogens is 1. The van der Waals surface area contributed by atoms with E-state index >= 15 is 0 Å². The summed E-state index contributed by atoms with van der Waals surface area (Å²) < 4.78 is 2.47. The highest BCUT2D eigenvalue weighted by Gasteiger charge is 2.45. The average Bonchev–Trinajstić information content (AvgIpc) is 3.45. The minimum Gasteiger partial charge on any atom is -0.402 e. The van der Waals surface area contributed by atoms with Crippen LogP contribution in [0.4, 0.5) is 0 Å². The molecule has 4 aliphatic rings. The summed E-state index contributed by atoms with van der Waals surface area (Å²) in [6.45, 7) is 6.62. The topological polar surface area (TPSA) is 57.0 Å². The van der Waals surface area contributed by atoms with Crippen molar-refractivity contribution in [3.05, 3.63) is 130 Å². The third-order valence-electron chi connectivity index (χ3n) is 8.67. The standard InChI is InChI=1S/C36H39N3S/c1-23-10-6-4-3-5-7-12-26-20-35-31(17-25(26)13-8-11-23)28-14-9-15-34(28)39(35)36(21-37)32-19-27-18-29(27)30(16-24(2)38)33(32)22-40/h3-11,15-17,20,27,29,40H,1,12-14,18-19,21-22,37-38H2,2H3/b4-3-,7-5+,10-6-,11-8?,24-16+,36-32-. The molecule has 1 aromatic carbocycles. The summed E-state index contributed by atoms with van der Waals surface area (Å²) >= 11 is 4.83. The summed E-state index contributed by atoms with van der Waals surface area (Å²) in [5.41, 5.74) is 26.6. The van der Waals surface area contributed by atoms with Gasteiger partial charge in [0.05, 0.1) is 5.52 Å². The predicted molar refractivity (Wildman–Crippen MR) is 175 cm³/mol. The van der Waals surface area contributed by atoms with Crippen molar-refractivity contribution in [3.63, 3.8) is 0 Å². The Morgan fingerprint density at radius 2 is 1.80 bits per heavy atom.